The summed E-state index contributed by atoms with van der Waals surface area (Å²) in [5.74, 6) is -0.147. The highest BCUT2D eigenvalue weighted by molar-refractivity contribution is 6.30. The van der Waals surface area contributed by atoms with E-state index in [0.717, 1.165) is 17.7 Å². The van der Waals surface area contributed by atoms with Crippen LogP contribution < -0.4 is 10.1 Å². The van der Waals surface area contributed by atoms with Gasteiger partial charge in [0.1, 0.15) is 24.4 Å². The normalized spacial score (nSPS) is 17.9. The number of hydrogen-bond acceptors (Lipinski definition) is 4. The van der Waals surface area contributed by atoms with Gasteiger partial charge in [-0.15, -0.1) is 0 Å². The Kier molecular flexibility index (Phi) is 7.40. The number of nitrogens with one attached hydrogen (secondary N) is 1. The average molecular weight is 458 g/mol. The summed E-state index contributed by atoms with van der Waals surface area (Å²) in [6, 6.07) is 14.0. The molecule has 7 nitrogen and oxygen atoms in total. The molecule has 4 amide bonds. The Bertz CT molecular complexity index is 978. The van der Waals surface area contributed by atoms with Gasteiger partial charge in [0.15, 0.2) is 0 Å². The predicted molar refractivity (Wildman–Crippen MR) is 123 cm³/mol. The molecule has 0 radical (unpaired) electrons. The minimum atomic E-state index is -1.20. The molecule has 32 heavy (non-hydrogen) atoms. The summed E-state index contributed by atoms with van der Waals surface area (Å²) >= 11 is 5.85. The Morgan fingerprint density at radius 1 is 1.12 bits per heavy atom. The third-order valence-corrected chi connectivity index (χ3v) is 5.83. The van der Waals surface area contributed by atoms with Gasteiger partial charge in [0.2, 0.25) is 5.91 Å². The van der Waals surface area contributed by atoms with Gasteiger partial charge in [-0.2, -0.15) is 0 Å². The molecule has 2 aromatic carbocycles. The van der Waals surface area contributed by atoms with Crippen molar-refractivity contribution in [2.45, 2.75) is 32.2 Å². The van der Waals surface area contributed by atoms with E-state index in [2.05, 4.69) is 12.2 Å². The molecule has 1 aliphatic heterocycles. The van der Waals surface area contributed by atoms with E-state index in [1.165, 1.54) is 10.5 Å². The molecule has 8 heteroatoms. The first kappa shape index (κ1) is 23.6. The SMILES string of the molecule is CCCc1ccc(C2(C)NC(=O)N(CC(=O)N(C)CCOc3ccc(Cl)cc3)C2=O)cc1. The van der Waals surface area contributed by atoms with Crippen molar-refractivity contribution in [2.75, 3.05) is 26.7 Å². The van der Waals surface area contributed by atoms with Crippen LogP contribution in [0.25, 0.3) is 0 Å². The molecule has 2 aromatic rings. The smallest absolute Gasteiger partial charge is 0.325 e. The van der Waals surface area contributed by atoms with E-state index in [0.29, 0.717) is 22.9 Å². The molecule has 0 saturated carbocycles. The third-order valence-electron chi connectivity index (χ3n) is 5.57. The molecule has 0 aliphatic carbocycles. The van der Waals surface area contributed by atoms with E-state index < -0.39 is 17.5 Å². The van der Waals surface area contributed by atoms with Crippen LogP contribution in [-0.2, 0) is 21.5 Å². The third kappa shape index (κ3) is 5.22. The summed E-state index contributed by atoms with van der Waals surface area (Å²) in [7, 11) is 1.61. The van der Waals surface area contributed by atoms with Gasteiger partial charge in [0.05, 0.1) is 6.54 Å². The summed E-state index contributed by atoms with van der Waals surface area (Å²) in [5, 5.41) is 3.36. The molecule has 3 rings (SSSR count). The maximum atomic E-state index is 13.1. The summed E-state index contributed by atoms with van der Waals surface area (Å²) in [6.07, 6.45) is 1.98. The number of rotatable bonds is 9. The highest BCUT2D eigenvalue weighted by Crippen LogP contribution is 2.29. The molecule has 1 aliphatic rings. The fraction of sp³-hybridized carbons (Fsp3) is 0.375. The van der Waals surface area contributed by atoms with E-state index in [1.807, 2.05) is 24.3 Å². The second-order valence-corrected chi connectivity index (χ2v) is 8.45. The van der Waals surface area contributed by atoms with Crippen LogP contribution >= 0.6 is 11.6 Å². The minimum Gasteiger partial charge on any atom is -0.492 e. The fourth-order valence-electron chi connectivity index (χ4n) is 3.54. The van der Waals surface area contributed by atoms with Gasteiger partial charge in [0, 0.05) is 12.1 Å². The van der Waals surface area contributed by atoms with Crippen LogP contribution in [-0.4, -0.2) is 54.4 Å². The standard InChI is InChI=1S/C24H28ClN3O4/c1-4-5-17-6-8-18(9-7-17)24(2)22(30)28(23(31)26-24)16-21(29)27(3)14-15-32-20-12-10-19(25)11-13-20/h6-13H,4-5,14-16H2,1-3H3,(H,26,31). The van der Waals surface area contributed by atoms with Crippen molar-refractivity contribution in [3.8, 4) is 5.75 Å². The Hall–Kier alpha value is -3.06. The molecule has 1 atom stereocenters. The summed E-state index contributed by atoms with van der Waals surface area (Å²) < 4.78 is 5.60. The van der Waals surface area contributed by atoms with Crippen LogP contribution in [0, 0.1) is 0 Å². The molecule has 1 unspecified atom stereocenters. The van der Waals surface area contributed by atoms with Crippen molar-refractivity contribution in [3.05, 3.63) is 64.7 Å². The van der Waals surface area contributed by atoms with Gasteiger partial charge in [-0.05, 0) is 48.7 Å². The highest BCUT2D eigenvalue weighted by atomic mass is 35.5. The predicted octanol–water partition coefficient (Wildman–Crippen LogP) is 3.60. The van der Waals surface area contributed by atoms with Crippen LogP contribution in [0.1, 0.15) is 31.4 Å². The quantitative estimate of drug-likeness (QED) is 0.583. The molecule has 1 fully saturated rings. The molecule has 1 heterocycles. The van der Waals surface area contributed by atoms with Crippen LogP contribution in [0.3, 0.4) is 0 Å². The van der Waals surface area contributed by atoms with Gasteiger partial charge in [-0.1, -0.05) is 49.2 Å². The van der Waals surface area contributed by atoms with Crippen molar-refractivity contribution in [1.29, 1.82) is 0 Å². The van der Waals surface area contributed by atoms with E-state index in [9.17, 15) is 14.4 Å². The number of urea groups is 1. The van der Waals surface area contributed by atoms with E-state index in [4.69, 9.17) is 16.3 Å². The fourth-order valence-corrected chi connectivity index (χ4v) is 3.67. The van der Waals surface area contributed by atoms with Crippen molar-refractivity contribution < 1.29 is 19.1 Å². The van der Waals surface area contributed by atoms with Crippen LogP contribution in [0.5, 0.6) is 5.75 Å². The zero-order valence-corrected chi connectivity index (χ0v) is 19.3. The molecule has 0 aromatic heterocycles. The molecule has 170 valence electrons. The van der Waals surface area contributed by atoms with Gasteiger partial charge >= 0.3 is 6.03 Å². The topological polar surface area (TPSA) is 79.0 Å². The largest absolute Gasteiger partial charge is 0.492 e. The van der Waals surface area contributed by atoms with Crippen LogP contribution in [0.4, 0.5) is 4.79 Å². The maximum absolute atomic E-state index is 13.1. The number of carbonyl (C=O) groups excluding carboxylic acids is 3. The van der Waals surface area contributed by atoms with Crippen molar-refractivity contribution in [1.82, 2.24) is 15.1 Å². The molecule has 1 N–H and O–H groups in total. The number of benzene rings is 2. The van der Waals surface area contributed by atoms with Gasteiger partial charge in [-0.3, -0.25) is 14.5 Å². The zero-order chi connectivity index (χ0) is 23.3. The van der Waals surface area contributed by atoms with E-state index in [1.54, 1.807) is 38.2 Å². The second kappa shape index (κ2) is 10.0. The van der Waals surface area contributed by atoms with E-state index >= 15 is 0 Å². The average Bonchev–Trinajstić information content (AvgIpc) is 2.99. The van der Waals surface area contributed by atoms with Gasteiger partial charge in [0.25, 0.3) is 5.91 Å². The number of hydrogen-bond donors (Lipinski definition) is 1. The number of carbonyl (C=O) groups is 3. The first-order chi connectivity index (χ1) is 15.2. The minimum absolute atomic E-state index is 0.270. The maximum Gasteiger partial charge on any atom is 0.325 e. The van der Waals surface area contributed by atoms with Gasteiger partial charge in [-0.25, -0.2) is 4.79 Å². The number of amides is 4. The number of ether oxygens (including phenoxy) is 1. The lowest BCUT2D eigenvalue weighted by atomic mass is 9.91. The molecule has 1 saturated heterocycles. The number of imide groups is 1. The second-order valence-electron chi connectivity index (χ2n) is 8.01. The molecule has 0 bridgehead atoms. The summed E-state index contributed by atoms with van der Waals surface area (Å²) in [6.45, 7) is 4.01. The molecular weight excluding hydrogens is 430 g/mol. The van der Waals surface area contributed by atoms with Crippen molar-refractivity contribution in [2.24, 2.45) is 0 Å². The van der Waals surface area contributed by atoms with E-state index in [-0.39, 0.29) is 19.1 Å². The highest BCUT2D eigenvalue weighted by Gasteiger charge is 2.49. The molecular formula is C24H28ClN3O4. The summed E-state index contributed by atoms with van der Waals surface area (Å²) in [5.41, 5.74) is 0.666. The number of halogens is 1. The Balaban J connectivity index is 1.57. The zero-order valence-electron chi connectivity index (χ0n) is 18.6. The first-order valence-electron chi connectivity index (χ1n) is 10.6. The first-order valence-corrected chi connectivity index (χ1v) is 11.0. The lowest BCUT2D eigenvalue weighted by Gasteiger charge is -2.23. The number of likely N-dealkylation sites (N-methyl/N-ethyl adjacent to an activating group) is 1. The van der Waals surface area contributed by atoms with Gasteiger partial charge < -0.3 is 15.0 Å². The monoisotopic (exact) mass is 457 g/mol. The lowest BCUT2D eigenvalue weighted by Crippen LogP contribution is -2.44. The van der Waals surface area contributed by atoms with Crippen LogP contribution in [0.15, 0.2) is 48.5 Å². The number of nitrogens with zero attached hydrogens (tertiary/aromatic N) is 2. The number of aryl methyl sites for hydroxylation is 1. The van der Waals surface area contributed by atoms with Crippen molar-refractivity contribution >= 4 is 29.4 Å². The Morgan fingerprint density at radius 2 is 1.78 bits per heavy atom. The lowest BCUT2D eigenvalue weighted by molar-refractivity contribution is -0.138. The Morgan fingerprint density at radius 3 is 2.41 bits per heavy atom. The summed E-state index contributed by atoms with van der Waals surface area (Å²) in [4.78, 5) is 40.6. The van der Waals surface area contributed by atoms with Crippen LogP contribution in [0.2, 0.25) is 5.02 Å². The Labute approximate surface area is 193 Å². The van der Waals surface area contributed by atoms with Crippen molar-refractivity contribution in [3.63, 3.8) is 0 Å². The molecule has 0 spiro atoms.